The number of benzene rings is 1. The highest BCUT2D eigenvalue weighted by Gasteiger charge is 2.35. The van der Waals surface area contributed by atoms with Crippen molar-refractivity contribution in [3.05, 3.63) is 73.6 Å². The molecule has 40 heavy (non-hydrogen) atoms. The van der Waals surface area contributed by atoms with Crippen LogP contribution in [0, 0.1) is 5.82 Å². The van der Waals surface area contributed by atoms with E-state index in [2.05, 4.69) is 15.1 Å². The molecule has 3 N–H and O–H groups in total. The Hall–Kier alpha value is -3.52. The minimum atomic E-state index is -4.41. The molecule has 5 atom stereocenters. The molecule has 0 amide bonds. The Morgan fingerprint density at radius 3 is 2.58 bits per heavy atom. The molecule has 15 nitrogen and oxygen atoms in total. The smallest absolute Gasteiger partial charge is 0.459 e. The summed E-state index contributed by atoms with van der Waals surface area (Å²) in [6.07, 6.45) is -1.37. The Labute approximate surface area is 228 Å². The standard InChI is InChI=1S/C23H32FN6O9P/c1-4-5-12-36-22(33)15(2)28-40(35,39-18-8-6-17(24)7-9-18)37-14-19(16(3)31)38-21(13-26-29-25)30-11-10-20(32)27-23(30)34/h6-11,15-16,19,21,31H,4-5,12-14H2,1-3H3,(H,28,35)(H,27,32,34)/t15-,16-,19+,21+,40?/m0/s1. The maximum atomic E-state index is 13.7. The van der Waals surface area contributed by atoms with Crippen LogP contribution in [0.4, 0.5) is 4.39 Å². The number of aromatic nitrogens is 2. The minimum Gasteiger partial charge on any atom is -0.465 e. The van der Waals surface area contributed by atoms with Gasteiger partial charge in [0.2, 0.25) is 0 Å². The van der Waals surface area contributed by atoms with Gasteiger partial charge in [-0.15, -0.1) is 0 Å². The van der Waals surface area contributed by atoms with Crippen molar-refractivity contribution in [2.45, 2.75) is 58.1 Å². The summed E-state index contributed by atoms with van der Waals surface area (Å²) in [5.74, 6) is -1.36. The first-order valence-corrected chi connectivity index (χ1v) is 13.8. The highest BCUT2D eigenvalue weighted by atomic mass is 31.2. The number of rotatable bonds is 17. The highest BCUT2D eigenvalue weighted by Crippen LogP contribution is 2.45. The van der Waals surface area contributed by atoms with E-state index in [0.29, 0.717) is 6.42 Å². The Bertz CT molecular complexity index is 1310. The number of aliphatic hydroxyl groups excluding tert-OH is 1. The number of carbonyl (C=O) groups excluding carboxylic acids is 1. The molecule has 2 rings (SSSR count). The quantitative estimate of drug-likeness (QED) is 0.0617. The van der Waals surface area contributed by atoms with Gasteiger partial charge in [0.15, 0.2) is 0 Å². The molecular formula is C23H32FN6O9P. The average Bonchev–Trinajstić information content (AvgIpc) is 2.90. The summed E-state index contributed by atoms with van der Waals surface area (Å²) in [6.45, 7) is 3.72. The zero-order chi connectivity index (χ0) is 29.7. The lowest BCUT2D eigenvalue weighted by atomic mass is 10.2. The minimum absolute atomic E-state index is 0.0562. The Balaban J connectivity index is 2.28. The largest absolute Gasteiger partial charge is 0.465 e. The molecule has 0 aliphatic carbocycles. The van der Waals surface area contributed by atoms with Crippen LogP contribution in [-0.4, -0.2) is 58.6 Å². The molecule has 1 aromatic carbocycles. The van der Waals surface area contributed by atoms with Gasteiger partial charge in [0.05, 0.1) is 25.9 Å². The fourth-order valence-corrected chi connectivity index (χ4v) is 4.58. The van der Waals surface area contributed by atoms with Gasteiger partial charge in [0, 0.05) is 17.2 Å². The number of hydrogen-bond donors (Lipinski definition) is 3. The zero-order valence-corrected chi connectivity index (χ0v) is 23.0. The number of carbonyl (C=O) groups is 1. The first-order chi connectivity index (χ1) is 19.0. The van der Waals surface area contributed by atoms with Crippen molar-refractivity contribution in [3.63, 3.8) is 0 Å². The van der Waals surface area contributed by atoms with Gasteiger partial charge in [-0.05, 0) is 50.1 Å². The molecule has 2 aromatic rings. The highest BCUT2D eigenvalue weighted by molar-refractivity contribution is 7.52. The number of hydrogen-bond acceptors (Lipinski definition) is 10. The Morgan fingerprint density at radius 2 is 1.98 bits per heavy atom. The van der Waals surface area contributed by atoms with Crippen molar-refractivity contribution >= 4 is 13.7 Å². The Kier molecular flexibility index (Phi) is 13.0. The number of esters is 1. The molecule has 17 heteroatoms. The summed E-state index contributed by atoms with van der Waals surface area (Å²) < 4.78 is 49.9. The number of aliphatic hydroxyl groups is 1. The van der Waals surface area contributed by atoms with Crippen LogP contribution in [0.25, 0.3) is 10.4 Å². The molecule has 220 valence electrons. The normalized spacial score (nSPS) is 15.6. The van der Waals surface area contributed by atoms with Crippen LogP contribution in [0.3, 0.4) is 0 Å². The second-order valence-electron chi connectivity index (χ2n) is 8.51. The molecule has 0 saturated carbocycles. The number of nitrogens with one attached hydrogen (secondary N) is 2. The van der Waals surface area contributed by atoms with Crippen molar-refractivity contribution in [3.8, 4) is 5.75 Å². The molecule has 1 unspecified atom stereocenters. The topological polar surface area (TPSA) is 207 Å². The Morgan fingerprint density at radius 1 is 1.27 bits per heavy atom. The van der Waals surface area contributed by atoms with Crippen molar-refractivity contribution in [2.75, 3.05) is 19.8 Å². The summed E-state index contributed by atoms with van der Waals surface area (Å²) >= 11 is 0. The van der Waals surface area contributed by atoms with E-state index in [0.717, 1.165) is 35.4 Å². The van der Waals surface area contributed by atoms with Gasteiger partial charge in [-0.1, -0.05) is 18.5 Å². The molecule has 0 saturated heterocycles. The van der Waals surface area contributed by atoms with E-state index in [4.69, 9.17) is 24.1 Å². The van der Waals surface area contributed by atoms with E-state index in [-0.39, 0.29) is 12.4 Å². The van der Waals surface area contributed by atoms with Crippen LogP contribution < -0.4 is 20.9 Å². The molecule has 1 heterocycles. The van der Waals surface area contributed by atoms with Gasteiger partial charge in [-0.2, -0.15) is 5.09 Å². The lowest BCUT2D eigenvalue weighted by Gasteiger charge is -2.29. The van der Waals surface area contributed by atoms with E-state index >= 15 is 0 Å². The third-order valence-corrected chi connectivity index (χ3v) is 6.87. The summed E-state index contributed by atoms with van der Waals surface area (Å²) in [5, 5.41) is 16.2. The van der Waals surface area contributed by atoms with Gasteiger partial charge in [0.25, 0.3) is 5.56 Å². The second-order valence-corrected chi connectivity index (χ2v) is 10.2. The van der Waals surface area contributed by atoms with Crippen LogP contribution in [0.5, 0.6) is 5.75 Å². The van der Waals surface area contributed by atoms with Crippen LogP contribution in [0.1, 0.15) is 39.8 Å². The van der Waals surface area contributed by atoms with Crippen molar-refractivity contribution in [2.24, 2.45) is 5.11 Å². The second kappa shape index (κ2) is 15.9. The first kappa shape index (κ1) is 32.7. The molecule has 0 bridgehead atoms. The fourth-order valence-electron chi connectivity index (χ4n) is 3.08. The first-order valence-electron chi connectivity index (χ1n) is 12.3. The molecule has 0 radical (unpaired) electrons. The van der Waals surface area contributed by atoms with Crippen LogP contribution in [0.2, 0.25) is 0 Å². The van der Waals surface area contributed by atoms with Crippen LogP contribution in [0.15, 0.2) is 51.2 Å². The summed E-state index contributed by atoms with van der Waals surface area (Å²) in [7, 11) is -4.41. The molecule has 1 aromatic heterocycles. The van der Waals surface area contributed by atoms with Gasteiger partial charge in [0.1, 0.15) is 29.9 Å². The molecule has 0 fully saturated rings. The number of azide groups is 1. The van der Waals surface area contributed by atoms with E-state index in [1.54, 1.807) is 0 Å². The van der Waals surface area contributed by atoms with E-state index in [9.17, 15) is 28.4 Å². The van der Waals surface area contributed by atoms with Gasteiger partial charge >= 0.3 is 19.4 Å². The van der Waals surface area contributed by atoms with Crippen LogP contribution in [-0.2, 0) is 23.4 Å². The number of nitrogens with zero attached hydrogens (tertiary/aromatic N) is 4. The third-order valence-electron chi connectivity index (χ3n) is 5.23. The lowest BCUT2D eigenvalue weighted by molar-refractivity contribution is -0.145. The lowest BCUT2D eigenvalue weighted by Crippen LogP contribution is -2.40. The van der Waals surface area contributed by atoms with Gasteiger partial charge in [-0.3, -0.25) is 23.7 Å². The van der Waals surface area contributed by atoms with Crippen molar-refractivity contribution in [1.29, 1.82) is 0 Å². The predicted octanol–water partition coefficient (Wildman–Crippen LogP) is 2.78. The SMILES string of the molecule is CCCCOC(=O)[C@H](C)NP(=O)(OC[C@@H](O[C@H](CN=[N+]=[N-])n1ccc(=O)[nH]c1=O)[C@H](C)O)Oc1ccc(F)cc1. The number of halogens is 1. The monoisotopic (exact) mass is 586 g/mol. The molecular weight excluding hydrogens is 554 g/mol. The summed E-state index contributed by atoms with van der Waals surface area (Å²) in [5.41, 5.74) is 7.19. The number of unbranched alkanes of at least 4 members (excludes halogenated alkanes) is 1. The van der Waals surface area contributed by atoms with Crippen LogP contribution >= 0.6 is 7.75 Å². The fraction of sp³-hybridized carbons (Fsp3) is 0.522. The molecule has 0 spiro atoms. The average molecular weight is 587 g/mol. The third kappa shape index (κ3) is 10.6. The maximum Gasteiger partial charge on any atom is 0.459 e. The van der Waals surface area contributed by atoms with E-state index in [1.165, 1.54) is 26.0 Å². The molecule has 0 aliphatic rings. The zero-order valence-electron chi connectivity index (χ0n) is 22.1. The predicted molar refractivity (Wildman–Crippen MR) is 140 cm³/mol. The molecule has 0 aliphatic heterocycles. The number of H-pyrrole nitrogens is 1. The number of aromatic amines is 1. The van der Waals surface area contributed by atoms with Crippen molar-refractivity contribution < 1.29 is 37.4 Å². The van der Waals surface area contributed by atoms with Gasteiger partial charge in [-0.25, -0.2) is 13.8 Å². The van der Waals surface area contributed by atoms with Gasteiger partial charge < -0.3 is 19.1 Å². The van der Waals surface area contributed by atoms with E-state index in [1.807, 2.05) is 11.9 Å². The van der Waals surface area contributed by atoms with E-state index < -0.39 is 68.4 Å². The number of ether oxygens (including phenoxy) is 2. The van der Waals surface area contributed by atoms with Crippen molar-refractivity contribution in [1.82, 2.24) is 14.6 Å². The summed E-state index contributed by atoms with van der Waals surface area (Å²) in [4.78, 5) is 40.8. The summed E-state index contributed by atoms with van der Waals surface area (Å²) in [6, 6.07) is 4.39. The maximum absolute atomic E-state index is 13.7.